The fraction of sp³-hybridized carbons (Fsp3) is 0.133. The zero-order valence-corrected chi connectivity index (χ0v) is 10.7. The van der Waals surface area contributed by atoms with Gasteiger partial charge in [-0.05, 0) is 48.9 Å². The number of ether oxygens (including phenoxy) is 1. The maximum atomic E-state index is 13.4. The van der Waals surface area contributed by atoms with Gasteiger partial charge in [-0.1, -0.05) is 0 Å². The lowest BCUT2D eigenvalue weighted by Gasteiger charge is -2.08. The second-order valence-corrected chi connectivity index (χ2v) is 4.25. The van der Waals surface area contributed by atoms with Gasteiger partial charge in [0, 0.05) is 11.1 Å². The number of halogens is 1. The second kappa shape index (κ2) is 5.10. The molecule has 0 radical (unpaired) electrons. The summed E-state index contributed by atoms with van der Waals surface area (Å²) in [5.74, 6) is -0.145. The van der Waals surface area contributed by atoms with Crippen molar-refractivity contribution in [3.63, 3.8) is 0 Å². The van der Waals surface area contributed by atoms with Crippen LogP contribution in [-0.2, 0) is 0 Å². The third-order valence-electron chi connectivity index (χ3n) is 2.94. The fourth-order valence-corrected chi connectivity index (χ4v) is 1.84. The fourth-order valence-electron chi connectivity index (χ4n) is 1.84. The van der Waals surface area contributed by atoms with E-state index in [1.54, 1.807) is 25.3 Å². The van der Waals surface area contributed by atoms with Gasteiger partial charge in [0.05, 0.1) is 12.8 Å². The van der Waals surface area contributed by atoms with Gasteiger partial charge in [0.25, 0.3) is 0 Å². The van der Waals surface area contributed by atoms with E-state index in [1.165, 1.54) is 12.1 Å². The number of methoxy groups -OCH3 is 1. The van der Waals surface area contributed by atoms with Crippen LogP contribution < -0.4 is 10.5 Å². The van der Waals surface area contributed by atoms with Gasteiger partial charge < -0.3 is 10.5 Å². The number of rotatable bonds is 3. The van der Waals surface area contributed by atoms with Gasteiger partial charge in [0.15, 0.2) is 5.78 Å². The Kier molecular flexibility index (Phi) is 3.51. The molecule has 2 aromatic carbocycles. The molecule has 0 saturated carbocycles. The van der Waals surface area contributed by atoms with Crippen molar-refractivity contribution in [1.29, 1.82) is 0 Å². The van der Waals surface area contributed by atoms with Gasteiger partial charge in [-0.2, -0.15) is 0 Å². The molecule has 4 heteroatoms. The van der Waals surface area contributed by atoms with Crippen LogP contribution in [0.4, 0.5) is 10.1 Å². The molecule has 0 bridgehead atoms. The van der Waals surface area contributed by atoms with Gasteiger partial charge in [-0.3, -0.25) is 4.79 Å². The summed E-state index contributed by atoms with van der Waals surface area (Å²) in [7, 11) is 1.56. The molecule has 0 aliphatic carbocycles. The first-order valence-electron chi connectivity index (χ1n) is 5.77. The van der Waals surface area contributed by atoms with Gasteiger partial charge in [0.1, 0.15) is 11.6 Å². The van der Waals surface area contributed by atoms with E-state index in [9.17, 15) is 9.18 Å². The molecule has 0 aromatic heterocycles. The van der Waals surface area contributed by atoms with Gasteiger partial charge in [-0.25, -0.2) is 4.39 Å². The Bertz CT molecular complexity index is 638. The molecule has 0 heterocycles. The lowest BCUT2D eigenvalue weighted by molar-refractivity contribution is 0.103. The zero-order valence-electron chi connectivity index (χ0n) is 10.7. The van der Waals surface area contributed by atoms with E-state index in [1.807, 2.05) is 6.92 Å². The molecule has 0 spiro atoms. The largest absolute Gasteiger partial charge is 0.497 e. The predicted molar refractivity (Wildman–Crippen MR) is 72.0 cm³/mol. The number of benzene rings is 2. The van der Waals surface area contributed by atoms with Crippen LogP contribution in [0, 0.1) is 12.7 Å². The quantitative estimate of drug-likeness (QED) is 0.681. The molecule has 0 amide bonds. The highest BCUT2D eigenvalue weighted by atomic mass is 19.1. The van der Waals surface area contributed by atoms with E-state index < -0.39 is 5.82 Å². The summed E-state index contributed by atoms with van der Waals surface area (Å²) in [6.07, 6.45) is 0. The summed E-state index contributed by atoms with van der Waals surface area (Å²) in [5.41, 5.74) is 7.00. The minimum atomic E-state index is -0.586. The second-order valence-electron chi connectivity index (χ2n) is 4.25. The zero-order chi connectivity index (χ0) is 14.0. The first-order chi connectivity index (χ1) is 9.02. The van der Waals surface area contributed by atoms with E-state index >= 15 is 0 Å². The van der Waals surface area contributed by atoms with Crippen molar-refractivity contribution in [2.45, 2.75) is 6.92 Å². The molecule has 19 heavy (non-hydrogen) atoms. The van der Waals surface area contributed by atoms with Crippen LogP contribution in [0.2, 0.25) is 0 Å². The predicted octanol–water partition coefficient (Wildman–Crippen LogP) is 2.96. The van der Waals surface area contributed by atoms with Crippen molar-refractivity contribution >= 4 is 11.5 Å². The summed E-state index contributed by atoms with van der Waals surface area (Å²) in [6, 6.07) is 9.20. The van der Waals surface area contributed by atoms with Gasteiger partial charge in [-0.15, -0.1) is 0 Å². The highest BCUT2D eigenvalue weighted by Crippen LogP contribution is 2.21. The third kappa shape index (κ3) is 2.57. The monoisotopic (exact) mass is 259 g/mol. The van der Waals surface area contributed by atoms with Gasteiger partial charge in [0.2, 0.25) is 0 Å². The van der Waals surface area contributed by atoms with Crippen molar-refractivity contribution in [3.05, 3.63) is 58.9 Å². The Labute approximate surface area is 110 Å². The normalized spacial score (nSPS) is 10.3. The van der Waals surface area contributed by atoms with Crippen LogP contribution >= 0.6 is 0 Å². The third-order valence-corrected chi connectivity index (χ3v) is 2.94. The lowest BCUT2D eigenvalue weighted by atomic mass is 9.98. The summed E-state index contributed by atoms with van der Waals surface area (Å²) in [5, 5.41) is 0. The molecule has 0 unspecified atom stereocenters. The standard InChI is InChI=1S/C15H14FNO2/c1-9-7-11(19-2)4-5-12(9)15(18)10-3-6-14(17)13(16)8-10/h3-8H,17H2,1-2H3. The lowest BCUT2D eigenvalue weighted by Crippen LogP contribution is -2.05. The van der Waals surface area contributed by atoms with Crippen molar-refractivity contribution in [1.82, 2.24) is 0 Å². The Morgan fingerprint density at radius 1 is 1.21 bits per heavy atom. The van der Waals surface area contributed by atoms with Crippen LogP contribution in [0.25, 0.3) is 0 Å². The van der Waals surface area contributed by atoms with E-state index in [4.69, 9.17) is 10.5 Å². The topological polar surface area (TPSA) is 52.3 Å². The molecule has 0 saturated heterocycles. The molecule has 2 aromatic rings. The number of anilines is 1. The molecule has 3 nitrogen and oxygen atoms in total. The Morgan fingerprint density at radius 2 is 1.95 bits per heavy atom. The van der Waals surface area contributed by atoms with Crippen molar-refractivity contribution < 1.29 is 13.9 Å². The van der Waals surface area contributed by atoms with E-state index in [0.717, 1.165) is 11.6 Å². The Balaban J connectivity index is 2.41. The van der Waals surface area contributed by atoms with Crippen LogP contribution in [0.5, 0.6) is 5.75 Å². The highest BCUT2D eigenvalue weighted by molar-refractivity contribution is 6.10. The average molecular weight is 259 g/mol. The summed E-state index contributed by atoms with van der Waals surface area (Å²) in [6.45, 7) is 1.81. The molecule has 0 aliphatic rings. The molecular formula is C15H14FNO2. The van der Waals surface area contributed by atoms with E-state index in [2.05, 4.69) is 0 Å². The van der Waals surface area contributed by atoms with Crippen LogP contribution in [0.3, 0.4) is 0 Å². The summed E-state index contributed by atoms with van der Waals surface area (Å²) >= 11 is 0. The summed E-state index contributed by atoms with van der Waals surface area (Å²) < 4.78 is 18.5. The highest BCUT2D eigenvalue weighted by Gasteiger charge is 2.13. The number of ketones is 1. The molecular weight excluding hydrogens is 245 g/mol. The van der Waals surface area contributed by atoms with Crippen molar-refractivity contribution in [3.8, 4) is 5.75 Å². The van der Waals surface area contributed by atoms with E-state index in [0.29, 0.717) is 11.3 Å². The van der Waals surface area contributed by atoms with Crippen LogP contribution in [0.1, 0.15) is 21.5 Å². The minimum absolute atomic E-state index is 0.0306. The van der Waals surface area contributed by atoms with Gasteiger partial charge >= 0.3 is 0 Å². The Morgan fingerprint density at radius 3 is 2.53 bits per heavy atom. The molecule has 0 fully saturated rings. The van der Waals surface area contributed by atoms with Crippen LogP contribution in [-0.4, -0.2) is 12.9 Å². The van der Waals surface area contributed by atoms with E-state index in [-0.39, 0.29) is 17.0 Å². The van der Waals surface area contributed by atoms with Crippen molar-refractivity contribution in [2.24, 2.45) is 0 Å². The molecule has 0 atom stereocenters. The number of carbonyl (C=O) groups is 1. The number of nitrogens with two attached hydrogens (primary N) is 1. The number of hydrogen-bond donors (Lipinski definition) is 1. The van der Waals surface area contributed by atoms with Crippen LogP contribution in [0.15, 0.2) is 36.4 Å². The molecule has 98 valence electrons. The summed E-state index contributed by atoms with van der Waals surface area (Å²) in [4.78, 5) is 12.3. The maximum absolute atomic E-state index is 13.4. The number of nitrogen functional groups attached to an aromatic ring is 1. The SMILES string of the molecule is COc1ccc(C(=O)c2ccc(N)c(F)c2)c(C)c1. The average Bonchev–Trinajstić information content (AvgIpc) is 2.41. The number of hydrogen-bond acceptors (Lipinski definition) is 3. The smallest absolute Gasteiger partial charge is 0.193 e. The first-order valence-corrected chi connectivity index (χ1v) is 5.77. The number of carbonyl (C=O) groups excluding carboxylic acids is 1. The molecule has 0 aliphatic heterocycles. The maximum Gasteiger partial charge on any atom is 0.193 e. The molecule has 2 rings (SSSR count). The molecule has 2 N–H and O–H groups in total. The first kappa shape index (κ1) is 13.1. The van der Waals surface area contributed by atoms with Crippen molar-refractivity contribution in [2.75, 3.05) is 12.8 Å². The number of aryl methyl sites for hydroxylation is 1. The Hall–Kier alpha value is -2.36. The minimum Gasteiger partial charge on any atom is -0.497 e.